The van der Waals surface area contributed by atoms with Gasteiger partial charge in [-0.05, 0) is 56.2 Å². The second kappa shape index (κ2) is 12.0. The van der Waals surface area contributed by atoms with Gasteiger partial charge < -0.3 is 29.6 Å². The molecule has 0 fully saturated rings. The number of benzene rings is 3. The van der Waals surface area contributed by atoms with Crippen LogP contribution in [0.1, 0.15) is 36.6 Å². The largest absolute Gasteiger partial charge is 0.497 e. The summed E-state index contributed by atoms with van der Waals surface area (Å²) in [7, 11) is 3.12. The summed E-state index contributed by atoms with van der Waals surface area (Å²) < 4.78 is 24.7. The highest BCUT2D eigenvalue weighted by Crippen LogP contribution is 2.40. The number of carbonyl (C=O) groups is 1. The highest BCUT2D eigenvalue weighted by molar-refractivity contribution is 6.06. The molecule has 0 aliphatic carbocycles. The van der Waals surface area contributed by atoms with Crippen LogP contribution in [0.2, 0.25) is 0 Å². The molecule has 2 heterocycles. The number of fused-ring (bicyclic) bond motifs is 1. The van der Waals surface area contributed by atoms with E-state index in [1.165, 1.54) is 11.9 Å². The lowest BCUT2D eigenvalue weighted by Gasteiger charge is -2.29. The van der Waals surface area contributed by atoms with E-state index >= 15 is 0 Å². The summed E-state index contributed by atoms with van der Waals surface area (Å²) in [6.07, 6.45) is 1.46. The Kier molecular flexibility index (Phi) is 8.09. The number of nitrogens with one attached hydrogen (secondary N) is 2. The Labute approximate surface area is 238 Å². The molecule has 1 aromatic heterocycles. The van der Waals surface area contributed by atoms with E-state index in [0.29, 0.717) is 59.1 Å². The molecule has 1 aliphatic heterocycles. The normalized spacial score (nSPS) is 14.1. The van der Waals surface area contributed by atoms with Crippen LogP contribution in [0, 0.1) is 6.92 Å². The molecule has 1 atom stereocenters. The molecule has 0 radical (unpaired) electrons. The third-order valence-electron chi connectivity index (χ3n) is 6.75. The van der Waals surface area contributed by atoms with Crippen molar-refractivity contribution in [2.24, 2.45) is 0 Å². The van der Waals surface area contributed by atoms with Crippen LogP contribution in [-0.4, -0.2) is 41.5 Å². The SMILES string of the molecule is CCOc1cc([C@@H]2C(C(=O)Nc3cc(OC)ccc3OC)=C(C)Nc3ncnn32)ccc1OCc1cccc(C)c1. The molecule has 5 rings (SSSR count). The van der Waals surface area contributed by atoms with E-state index in [0.717, 1.165) is 11.1 Å². The van der Waals surface area contributed by atoms with E-state index in [-0.39, 0.29) is 5.91 Å². The lowest BCUT2D eigenvalue weighted by molar-refractivity contribution is -0.113. The van der Waals surface area contributed by atoms with Crippen LogP contribution in [0.25, 0.3) is 0 Å². The van der Waals surface area contributed by atoms with Gasteiger partial charge in [0.15, 0.2) is 11.5 Å². The van der Waals surface area contributed by atoms with Gasteiger partial charge in [0.25, 0.3) is 5.91 Å². The minimum absolute atomic E-state index is 0.328. The quantitative estimate of drug-likeness (QED) is 0.264. The number of amides is 1. The Morgan fingerprint density at radius 1 is 0.976 bits per heavy atom. The highest BCUT2D eigenvalue weighted by Gasteiger charge is 2.34. The average Bonchev–Trinajstić information content (AvgIpc) is 3.44. The molecule has 1 amide bonds. The van der Waals surface area contributed by atoms with Crippen molar-refractivity contribution in [1.29, 1.82) is 0 Å². The molecule has 0 saturated carbocycles. The molecule has 4 aromatic rings. The molecule has 0 unspecified atom stereocenters. The predicted molar refractivity (Wildman–Crippen MR) is 156 cm³/mol. The van der Waals surface area contributed by atoms with Crippen LogP contribution in [-0.2, 0) is 11.4 Å². The monoisotopic (exact) mass is 555 g/mol. The van der Waals surface area contributed by atoms with E-state index in [9.17, 15) is 4.79 Å². The van der Waals surface area contributed by atoms with E-state index in [4.69, 9.17) is 18.9 Å². The van der Waals surface area contributed by atoms with Gasteiger partial charge in [-0.15, -0.1) is 0 Å². The van der Waals surface area contributed by atoms with Crippen molar-refractivity contribution >= 4 is 17.5 Å². The van der Waals surface area contributed by atoms with Crippen molar-refractivity contribution in [3.63, 3.8) is 0 Å². The fraction of sp³-hybridized carbons (Fsp3) is 0.258. The first-order valence-electron chi connectivity index (χ1n) is 13.3. The summed E-state index contributed by atoms with van der Waals surface area (Å²) in [5.74, 6) is 2.48. The minimum Gasteiger partial charge on any atom is -0.497 e. The van der Waals surface area contributed by atoms with Crippen molar-refractivity contribution in [2.45, 2.75) is 33.4 Å². The Hall–Kier alpha value is -4.99. The maximum atomic E-state index is 13.9. The fourth-order valence-corrected chi connectivity index (χ4v) is 4.84. The number of ether oxygens (including phenoxy) is 4. The number of anilines is 2. The Bertz CT molecular complexity index is 1600. The molecule has 212 valence electrons. The number of rotatable bonds is 10. The molecule has 1 aliphatic rings. The third kappa shape index (κ3) is 5.81. The topological polar surface area (TPSA) is 109 Å². The van der Waals surface area contributed by atoms with Crippen molar-refractivity contribution in [3.8, 4) is 23.0 Å². The van der Waals surface area contributed by atoms with E-state index < -0.39 is 6.04 Å². The van der Waals surface area contributed by atoms with Gasteiger partial charge in [0.1, 0.15) is 30.5 Å². The number of nitrogens with zero attached hydrogens (tertiary/aromatic N) is 3. The fourth-order valence-electron chi connectivity index (χ4n) is 4.84. The van der Waals surface area contributed by atoms with Crippen LogP contribution < -0.4 is 29.6 Å². The first kappa shape index (κ1) is 27.6. The molecular weight excluding hydrogens is 522 g/mol. The molecular formula is C31H33N5O5. The molecule has 0 saturated heterocycles. The lowest BCUT2D eigenvalue weighted by Crippen LogP contribution is -2.31. The predicted octanol–water partition coefficient (Wildman–Crippen LogP) is 5.51. The number of methoxy groups -OCH3 is 2. The zero-order chi connectivity index (χ0) is 28.9. The van der Waals surface area contributed by atoms with Crippen molar-refractivity contribution < 1.29 is 23.7 Å². The van der Waals surface area contributed by atoms with Gasteiger partial charge in [0.2, 0.25) is 5.95 Å². The second-order valence-electron chi connectivity index (χ2n) is 9.53. The van der Waals surface area contributed by atoms with Crippen molar-refractivity contribution in [2.75, 3.05) is 31.5 Å². The molecule has 0 spiro atoms. The zero-order valence-corrected chi connectivity index (χ0v) is 23.7. The van der Waals surface area contributed by atoms with Gasteiger partial charge >= 0.3 is 0 Å². The smallest absolute Gasteiger partial charge is 0.255 e. The van der Waals surface area contributed by atoms with Gasteiger partial charge in [-0.1, -0.05) is 35.9 Å². The van der Waals surface area contributed by atoms with Gasteiger partial charge in [-0.2, -0.15) is 10.1 Å². The molecule has 10 nitrogen and oxygen atoms in total. The Morgan fingerprint density at radius 2 is 1.80 bits per heavy atom. The second-order valence-corrected chi connectivity index (χ2v) is 9.53. The summed E-state index contributed by atoms with van der Waals surface area (Å²) in [5, 5.41) is 10.6. The maximum absolute atomic E-state index is 13.9. The zero-order valence-electron chi connectivity index (χ0n) is 23.7. The van der Waals surface area contributed by atoms with Crippen LogP contribution in [0.3, 0.4) is 0 Å². The summed E-state index contributed by atoms with van der Waals surface area (Å²) in [6, 6.07) is 18.5. The van der Waals surface area contributed by atoms with Gasteiger partial charge in [-0.3, -0.25) is 4.79 Å². The standard InChI is InChI=1S/C31H33N5O5/c1-6-40-27-15-22(10-12-26(27)41-17-21-9-7-8-19(2)14-21)29-28(20(3)34-31-32-18-33-36(29)31)30(37)35-24-16-23(38-4)11-13-25(24)39-5/h7-16,18,29H,6,17H2,1-5H3,(H,35,37)(H,32,33,34)/t29-/m1/s1. The Morgan fingerprint density at radius 3 is 2.56 bits per heavy atom. The van der Waals surface area contributed by atoms with Gasteiger partial charge in [-0.25, -0.2) is 4.68 Å². The highest BCUT2D eigenvalue weighted by atomic mass is 16.5. The molecule has 10 heteroatoms. The van der Waals surface area contributed by atoms with Crippen LogP contribution in [0.4, 0.5) is 11.6 Å². The van der Waals surface area contributed by atoms with Crippen LogP contribution >= 0.6 is 0 Å². The molecule has 0 bridgehead atoms. The summed E-state index contributed by atoms with van der Waals surface area (Å²) >= 11 is 0. The Balaban J connectivity index is 1.50. The van der Waals surface area contributed by atoms with Gasteiger partial charge in [0, 0.05) is 11.8 Å². The van der Waals surface area contributed by atoms with E-state index in [1.807, 2.05) is 44.2 Å². The first-order valence-corrected chi connectivity index (χ1v) is 13.3. The van der Waals surface area contributed by atoms with Crippen LogP contribution in [0.5, 0.6) is 23.0 Å². The summed E-state index contributed by atoms with van der Waals surface area (Å²) in [6.45, 7) is 6.65. The summed E-state index contributed by atoms with van der Waals surface area (Å²) in [5.41, 5.74) is 4.60. The molecule has 2 N–H and O–H groups in total. The van der Waals surface area contributed by atoms with Crippen molar-refractivity contribution in [3.05, 3.63) is 95.0 Å². The van der Waals surface area contributed by atoms with Crippen molar-refractivity contribution in [1.82, 2.24) is 14.8 Å². The lowest BCUT2D eigenvalue weighted by atomic mass is 9.94. The number of aryl methyl sites for hydroxylation is 1. The van der Waals surface area contributed by atoms with Crippen LogP contribution in [0.15, 0.2) is 78.3 Å². The molecule has 3 aromatic carbocycles. The first-order chi connectivity index (χ1) is 19.9. The number of allylic oxidation sites excluding steroid dienone is 1. The van der Waals surface area contributed by atoms with E-state index in [1.54, 1.807) is 37.1 Å². The summed E-state index contributed by atoms with van der Waals surface area (Å²) in [4.78, 5) is 18.2. The minimum atomic E-state index is -0.588. The number of carbonyl (C=O) groups excluding carboxylic acids is 1. The third-order valence-corrected chi connectivity index (χ3v) is 6.75. The number of aromatic nitrogens is 3. The molecule has 41 heavy (non-hydrogen) atoms. The number of hydrogen-bond donors (Lipinski definition) is 2. The average molecular weight is 556 g/mol. The maximum Gasteiger partial charge on any atom is 0.255 e. The number of hydrogen-bond acceptors (Lipinski definition) is 8. The van der Waals surface area contributed by atoms with Gasteiger partial charge in [0.05, 0.1) is 32.1 Å². The van der Waals surface area contributed by atoms with E-state index in [2.05, 4.69) is 39.8 Å².